The third kappa shape index (κ3) is 9.10. The summed E-state index contributed by atoms with van der Waals surface area (Å²) in [4.78, 5) is 0. The molecular weight excluding hydrogens is 560 g/mol. The van der Waals surface area contributed by atoms with Gasteiger partial charge in [0.15, 0.2) is 19.8 Å². The number of aliphatic hydroxyl groups is 1. The van der Waals surface area contributed by atoms with Gasteiger partial charge in [0, 0.05) is 0 Å². The van der Waals surface area contributed by atoms with Crippen LogP contribution in [0.1, 0.15) is 72.7 Å². The molecule has 0 aliphatic heterocycles. The number of hydrogen-bond donors (Lipinski definition) is 3. The van der Waals surface area contributed by atoms with E-state index in [4.69, 9.17) is 25.4 Å². The van der Waals surface area contributed by atoms with Gasteiger partial charge in [-0.15, -0.1) is 0 Å². The van der Waals surface area contributed by atoms with Crippen molar-refractivity contribution in [2.45, 2.75) is 103 Å². The molecule has 238 valence electrons. The molecule has 0 unspecified atom stereocenters. The first-order valence-corrected chi connectivity index (χ1v) is 17.7. The summed E-state index contributed by atoms with van der Waals surface area (Å²) in [5.41, 5.74) is 16.1. The van der Waals surface area contributed by atoms with Crippen molar-refractivity contribution in [3.05, 3.63) is 48.0 Å². The number of anilines is 2. The Morgan fingerprint density at radius 2 is 1.16 bits per heavy atom. The first-order valence-electron chi connectivity index (χ1n) is 14.8. The van der Waals surface area contributed by atoms with E-state index in [1.807, 2.05) is 28.9 Å². The first-order chi connectivity index (χ1) is 19.7. The second-order valence-electron chi connectivity index (χ2n) is 14.0. The molecule has 0 saturated carbocycles. The van der Waals surface area contributed by atoms with E-state index in [0.29, 0.717) is 29.3 Å². The fraction of sp³-hybridized carbons (Fsp3) is 0.562. The lowest BCUT2D eigenvalue weighted by Gasteiger charge is -2.42. The van der Waals surface area contributed by atoms with Crippen LogP contribution in [0.5, 0.6) is 11.5 Å². The normalized spacial score (nSPS) is 12.8. The number of methoxy groups -OCH3 is 2. The molecule has 11 heteroatoms. The second-order valence-corrected chi connectivity index (χ2v) is 18.8. The molecule has 0 aromatic carbocycles. The van der Waals surface area contributed by atoms with E-state index in [2.05, 4.69) is 64.0 Å². The van der Waals surface area contributed by atoms with Gasteiger partial charge < -0.3 is 30.5 Å². The molecule has 0 atom stereocenters. The van der Waals surface area contributed by atoms with E-state index < -0.39 is 13.9 Å². The average Bonchev–Trinajstić information content (AvgIpc) is 3.46. The molecule has 0 aliphatic carbocycles. The highest BCUT2D eigenvalue weighted by atomic mass is 28.4. The van der Waals surface area contributed by atoms with Gasteiger partial charge in [-0.25, -0.2) is 9.03 Å². The van der Waals surface area contributed by atoms with Crippen LogP contribution in [0.2, 0.25) is 18.1 Å². The number of nitrogens with two attached hydrogens (primary N) is 2. The summed E-state index contributed by atoms with van der Waals surface area (Å²) in [6.07, 6.45) is 6.78. The summed E-state index contributed by atoms with van der Waals surface area (Å²) in [5, 5.41) is 19.0. The molecule has 0 aliphatic rings. The zero-order valence-corrected chi connectivity index (χ0v) is 28.9. The monoisotopic (exact) mass is 612 g/mol. The molecular formula is C32H52N6O4Si. The minimum Gasteiger partial charge on any atom is -0.493 e. The number of rotatable bonds is 10. The van der Waals surface area contributed by atoms with Crippen LogP contribution in [0.25, 0.3) is 11.0 Å². The Bertz CT molecular complexity index is 1530. The van der Waals surface area contributed by atoms with Crippen molar-refractivity contribution < 1.29 is 19.0 Å². The third-order valence-corrected chi connectivity index (χ3v) is 12.7. The summed E-state index contributed by atoms with van der Waals surface area (Å²) in [5.74, 6) is 1.25. The molecule has 0 spiro atoms. The fourth-order valence-corrected chi connectivity index (χ4v) is 6.31. The highest BCUT2D eigenvalue weighted by molar-refractivity contribution is 6.74. The number of nitrogens with zero attached hydrogens (tertiary/aromatic N) is 4. The Morgan fingerprint density at radius 3 is 1.53 bits per heavy atom. The lowest BCUT2D eigenvalue weighted by molar-refractivity contribution is 0.0711. The topological polar surface area (TPSA) is 135 Å². The minimum atomic E-state index is -1.79. The van der Waals surface area contributed by atoms with Crippen LogP contribution in [-0.2, 0) is 17.3 Å². The van der Waals surface area contributed by atoms with Gasteiger partial charge in [-0.1, -0.05) is 20.8 Å². The van der Waals surface area contributed by atoms with E-state index in [9.17, 15) is 5.11 Å². The van der Waals surface area contributed by atoms with Crippen molar-refractivity contribution in [1.29, 1.82) is 0 Å². The molecule has 0 bridgehead atoms. The van der Waals surface area contributed by atoms with Gasteiger partial charge in [-0.3, -0.25) is 0 Å². The maximum atomic E-state index is 9.71. The summed E-state index contributed by atoms with van der Waals surface area (Å²) < 4.78 is 20.6. The van der Waals surface area contributed by atoms with E-state index in [1.54, 1.807) is 38.8 Å². The molecule has 4 aromatic rings. The summed E-state index contributed by atoms with van der Waals surface area (Å²) in [7, 11) is 1.40. The first kappa shape index (κ1) is 34.2. The van der Waals surface area contributed by atoms with Gasteiger partial charge in [0.1, 0.15) is 0 Å². The number of nitrogen functional groups attached to an aromatic ring is 2. The number of fused-ring (bicyclic) bond motifs is 2. The van der Waals surface area contributed by atoms with Crippen LogP contribution in [0.3, 0.4) is 0 Å². The van der Waals surface area contributed by atoms with Crippen molar-refractivity contribution in [2.75, 3.05) is 25.7 Å². The molecule has 0 saturated heterocycles. The van der Waals surface area contributed by atoms with Crippen LogP contribution < -0.4 is 20.9 Å². The van der Waals surface area contributed by atoms with Crippen molar-refractivity contribution in [2.24, 2.45) is 0 Å². The van der Waals surface area contributed by atoms with E-state index in [1.165, 1.54) is 0 Å². The molecule has 4 rings (SSSR count). The standard InChI is InChI=1S/C19H33N3O2Si.C13H19N3O2/c1-18(2,3)25(7,8)24-19(4,5)10-9-14-11-15-12-16(20)17(23-6)13-22(15)21-14;1-13(2,17)5-4-9-6-10-7-11(14)12(18-3)8-16(10)15-9/h11-13H,9-10,20H2,1-8H3;6-8,17H,4-5,14H2,1-3H3. The van der Waals surface area contributed by atoms with Crippen molar-refractivity contribution >= 4 is 30.7 Å². The van der Waals surface area contributed by atoms with Crippen LogP contribution in [0, 0.1) is 0 Å². The van der Waals surface area contributed by atoms with E-state index in [0.717, 1.165) is 41.7 Å². The number of pyridine rings is 2. The molecule has 0 fully saturated rings. The zero-order valence-electron chi connectivity index (χ0n) is 27.9. The van der Waals surface area contributed by atoms with Gasteiger partial charge in [0.2, 0.25) is 0 Å². The zero-order chi connectivity index (χ0) is 32.4. The van der Waals surface area contributed by atoms with Gasteiger partial charge in [0.05, 0.1) is 71.6 Å². The molecule has 4 aromatic heterocycles. The number of hydrogen-bond acceptors (Lipinski definition) is 8. The Hall–Kier alpha value is -3.28. The third-order valence-electron chi connectivity index (χ3n) is 8.04. The van der Waals surface area contributed by atoms with Crippen LogP contribution >= 0.6 is 0 Å². The highest BCUT2D eigenvalue weighted by Gasteiger charge is 2.41. The van der Waals surface area contributed by atoms with Gasteiger partial charge >= 0.3 is 0 Å². The Morgan fingerprint density at radius 1 is 0.744 bits per heavy atom. The SMILES string of the molecule is COc1cn2nc(CCC(C)(C)O)cc2cc1N.COc1cn2nc(CCC(C)(C)O[Si](C)(C)C(C)(C)C)cc2cc1N. The van der Waals surface area contributed by atoms with Crippen molar-refractivity contribution in [3.8, 4) is 11.5 Å². The molecule has 0 radical (unpaired) electrons. The highest BCUT2D eigenvalue weighted by Crippen LogP contribution is 2.40. The Balaban J connectivity index is 0.000000248. The van der Waals surface area contributed by atoms with Gasteiger partial charge in [-0.2, -0.15) is 10.2 Å². The summed E-state index contributed by atoms with van der Waals surface area (Å²) in [6, 6.07) is 7.78. The van der Waals surface area contributed by atoms with Crippen LogP contribution in [0.4, 0.5) is 11.4 Å². The minimum absolute atomic E-state index is 0.171. The summed E-state index contributed by atoms with van der Waals surface area (Å²) in [6.45, 7) is 19.4. The molecule has 10 nitrogen and oxygen atoms in total. The summed E-state index contributed by atoms with van der Waals surface area (Å²) >= 11 is 0. The largest absolute Gasteiger partial charge is 0.493 e. The fourth-order valence-electron chi connectivity index (χ4n) is 4.52. The predicted octanol–water partition coefficient (Wildman–Crippen LogP) is 6.29. The lowest BCUT2D eigenvalue weighted by Crippen LogP contribution is -2.47. The second kappa shape index (κ2) is 12.8. The number of aryl methyl sites for hydroxylation is 2. The molecule has 0 amide bonds. The lowest BCUT2D eigenvalue weighted by atomic mass is 10.0. The van der Waals surface area contributed by atoms with Crippen molar-refractivity contribution in [1.82, 2.24) is 19.2 Å². The maximum absolute atomic E-state index is 9.71. The quantitative estimate of drug-likeness (QED) is 0.178. The molecule has 4 heterocycles. The smallest absolute Gasteiger partial charge is 0.192 e. The van der Waals surface area contributed by atoms with E-state index in [-0.39, 0.29) is 10.6 Å². The number of aromatic nitrogens is 4. The van der Waals surface area contributed by atoms with E-state index >= 15 is 0 Å². The maximum Gasteiger partial charge on any atom is 0.192 e. The average molecular weight is 613 g/mol. The Labute approximate surface area is 257 Å². The predicted molar refractivity (Wildman–Crippen MR) is 178 cm³/mol. The van der Waals surface area contributed by atoms with Crippen LogP contribution in [0.15, 0.2) is 36.7 Å². The van der Waals surface area contributed by atoms with Crippen LogP contribution in [-0.4, -0.2) is 58.1 Å². The van der Waals surface area contributed by atoms with Crippen molar-refractivity contribution in [3.63, 3.8) is 0 Å². The molecule has 5 N–H and O–H groups in total. The van der Waals surface area contributed by atoms with Gasteiger partial charge in [-0.05, 0) is 95.8 Å². The number of ether oxygens (including phenoxy) is 2. The Kier molecular flexibility index (Phi) is 10.1. The molecule has 43 heavy (non-hydrogen) atoms. The van der Waals surface area contributed by atoms with Gasteiger partial charge in [0.25, 0.3) is 0 Å².